The highest BCUT2D eigenvalue weighted by Crippen LogP contribution is 2.25. The lowest BCUT2D eigenvalue weighted by atomic mass is 10.2. The van der Waals surface area contributed by atoms with E-state index < -0.39 is 10.0 Å². The van der Waals surface area contributed by atoms with Crippen LogP contribution in [0.5, 0.6) is 0 Å². The molecule has 120 valence electrons. The monoisotopic (exact) mass is 334 g/mol. The van der Waals surface area contributed by atoms with E-state index in [4.69, 9.17) is 0 Å². The van der Waals surface area contributed by atoms with Crippen LogP contribution in [0.2, 0.25) is 0 Å². The zero-order valence-electron chi connectivity index (χ0n) is 12.1. The van der Waals surface area contributed by atoms with Gasteiger partial charge in [0, 0.05) is 11.6 Å². The number of anilines is 2. The van der Waals surface area contributed by atoms with E-state index in [1.807, 2.05) is 6.07 Å². The van der Waals surface area contributed by atoms with Crippen LogP contribution < -0.4 is 10.0 Å². The van der Waals surface area contributed by atoms with Crippen molar-refractivity contribution in [1.29, 1.82) is 0 Å². The van der Waals surface area contributed by atoms with E-state index >= 15 is 0 Å². The van der Waals surface area contributed by atoms with Crippen molar-refractivity contribution in [2.75, 3.05) is 16.3 Å². The fourth-order valence-electron chi connectivity index (χ4n) is 2.24. The first-order valence-electron chi connectivity index (χ1n) is 6.63. The van der Waals surface area contributed by atoms with Gasteiger partial charge >= 0.3 is 0 Å². The summed E-state index contributed by atoms with van der Waals surface area (Å²) in [6.07, 6.45) is 4.11. The van der Waals surface area contributed by atoms with Crippen LogP contribution in [0.1, 0.15) is 0 Å². The molecule has 1 aromatic carbocycles. The second kappa shape index (κ2) is 5.72. The molecule has 0 atom stereocenters. The molecule has 0 fully saturated rings. The van der Waals surface area contributed by atoms with Crippen molar-refractivity contribution in [3.05, 3.63) is 36.8 Å². The van der Waals surface area contributed by atoms with Gasteiger partial charge in [-0.2, -0.15) is 10.1 Å². The first-order chi connectivity index (χ1) is 10.9. The van der Waals surface area contributed by atoms with Crippen LogP contribution in [0.4, 0.5) is 11.6 Å². The van der Waals surface area contributed by atoms with Gasteiger partial charge < -0.3 is 4.57 Å². The third-order valence-electron chi connectivity index (χ3n) is 3.10. The van der Waals surface area contributed by atoms with Crippen molar-refractivity contribution in [2.24, 2.45) is 0 Å². The summed E-state index contributed by atoms with van der Waals surface area (Å²) >= 11 is 0. The fraction of sp³-hybridized carbons (Fsp3) is 0.154. The Morgan fingerprint density at radius 3 is 2.87 bits per heavy atom. The average molecular weight is 334 g/mol. The number of hydrogen-bond acceptors (Lipinski definition) is 5. The molecule has 10 heteroatoms. The molecule has 23 heavy (non-hydrogen) atoms. The Balaban J connectivity index is 1.85. The summed E-state index contributed by atoms with van der Waals surface area (Å²) in [4.78, 5) is 15.8. The van der Waals surface area contributed by atoms with E-state index in [1.165, 1.54) is 6.33 Å². The molecule has 2 heterocycles. The summed E-state index contributed by atoms with van der Waals surface area (Å²) in [5.74, 6) is -0.00776. The van der Waals surface area contributed by atoms with Gasteiger partial charge in [-0.3, -0.25) is 14.8 Å². The van der Waals surface area contributed by atoms with E-state index in [1.54, 1.807) is 29.0 Å². The second-order valence-electron chi connectivity index (χ2n) is 4.94. The van der Waals surface area contributed by atoms with Gasteiger partial charge in [-0.15, -0.1) is 0 Å². The Morgan fingerprint density at radius 1 is 1.35 bits per heavy atom. The predicted molar refractivity (Wildman–Crippen MR) is 85.4 cm³/mol. The molecule has 2 aromatic heterocycles. The minimum Gasteiger partial charge on any atom is -0.338 e. The van der Waals surface area contributed by atoms with Crippen LogP contribution >= 0.6 is 0 Å². The number of aromatic amines is 1. The molecule has 0 spiro atoms. The molecule has 3 N–H and O–H groups in total. The number of hydrogen-bond donors (Lipinski definition) is 3. The highest BCUT2D eigenvalue weighted by atomic mass is 32.2. The maximum absolute atomic E-state index is 12.0. The van der Waals surface area contributed by atoms with Gasteiger partial charge in [0.25, 0.3) is 0 Å². The molecule has 9 nitrogen and oxygen atoms in total. The van der Waals surface area contributed by atoms with Crippen LogP contribution in [0.15, 0.2) is 36.8 Å². The molecule has 0 saturated carbocycles. The average Bonchev–Trinajstić information content (AvgIpc) is 3.08. The number of benzene rings is 1. The summed E-state index contributed by atoms with van der Waals surface area (Å²) < 4.78 is 27.0. The molecule has 0 aliphatic carbocycles. The van der Waals surface area contributed by atoms with E-state index in [9.17, 15) is 13.2 Å². The Kier molecular flexibility index (Phi) is 3.74. The number of nitrogens with one attached hydrogen (secondary N) is 3. The SMILES string of the molecule is CS(=O)(=O)Nc1cccc2c1ccn2CC(=O)Nc1ncn[nH]1. The third kappa shape index (κ3) is 3.48. The smallest absolute Gasteiger partial charge is 0.246 e. The minimum atomic E-state index is -3.37. The van der Waals surface area contributed by atoms with E-state index in [0.29, 0.717) is 11.1 Å². The van der Waals surface area contributed by atoms with Crippen LogP contribution in [-0.2, 0) is 21.4 Å². The largest absolute Gasteiger partial charge is 0.338 e. The van der Waals surface area contributed by atoms with Crippen molar-refractivity contribution in [2.45, 2.75) is 6.54 Å². The molecule has 0 aliphatic rings. The van der Waals surface area contributed by atoms with Crippen molar-refractivity contribution in [3.8, 4) is 0 Å². The van der Waals surface area contributed by atoms with Crippen LogP contribution in [-0.4, -0.2) is 40.3 Å². The van der Waals surface area contributed by atoms with Crippen LogP contribution in [0.25, 0.3) is 10.9 Å². The number of rotatable bonds is 5. The van der Waals surface area contributed by atoms with Gasteiger partial charge in [0.15, 0.2) is 0 Å². The number of sulfonamides is 1. The molecular formula is C13H14N6O3S. The first-order valence-corrected chi connectivity index (χ1v) is 8.52. The summed E-state index contributed by atoms with van der Waals surface area (Å²) in [5, 5.41) is 9.48. The van der Waals surface area contributed by atoms with Crippen molar-refractivity contribution >= 4 is 38.5 Å². The van der Waals surface area contributed by atoms with Gasteiger partial charge in [-0.25, -0.2) is 13.5 Å². The molecule has 0 bridgehead atoms. The molecule has 0 aliphatic heterocycles. The summed E-state index contributed by atoms with van der Waals surface area (Å²) in [5.41, 5.74) is 1.21. The van der Waals surface area contributed by atoms with E-state index in [2.05, 4.69) is 25.2 Å². The first kappa shape index (κ1) is 15.0. The number of aromatic nitrogens is 4. The maximum atomic E-state index is 12.0. The summed E-state index contributed by atoms with van der Waals surface area (Å²) in [6, 6.07) is 6.96. The standard InChI is InChI=1S/C13H14N6O3S/c1-23(21,22)18-10-3-2-4-11-9(10)5-6-19(11)7-12(20)16-13-14-8-15-17-13/h2-6,8,18H,7H2,1H3,(H2,14,15,16,17,20). The molecule has 3 rings (SSSR count). The lowest BCUT2D eigenvalue weighted by molar-refractivity contribution is -0.116. The number of carbonyl (C=O) groups excluding carboxylic acids is 1. The summed E-state index contributed by atoms with van der Waals surface area (Å²) in [7, 11) is -3.37. The molecule has 0 unspecified atom stereocenters. The fourth-order valence-corrected chi connectivity index (χ4v) is 2.82. The Morgan fingerprint density at radius 2 is 2.17 bits per heavy atom. The number of nitrogens with zero attached hydrogens (tertiary/aromatic N) is 3. The van der Waals surface area contributed by atoms with Crippen LogP contribution in [0.3, 0.4) is 0 Å². The Bertz CT molecular complexity index is 945. The second-order valence-corrected chi connectivity index (χ2v) is 6.69. The Hall–Kier alpha value is -2.88. The van der Waals surface area contributed by atoms with E-state index in [-0.39, 0.29) is 18.4 Å². The van der Waals surface area contributed by atoms with Gasteiger partial charge in [0.05, 0.1) is 17.5 Å². The van der Waals surface area contributed by atoms with Crippen molar-refractivity contribution in [1.82, 2.24) is 19.7 Å². The topological polar surface area (TPSA) is 122 Å². The normalized spacial score (nSPS) is 11.5. The number of carbonyl (C=O) groups is 1. The Labute approximate surface area is 131 Å². The third-order valence-corrected chi connectivity index (χ3v) is 3.69. The van der Waals surface area contributed by atoms with Gasteiger partial charge in [0.2, 0.25) is 21.9 Å². The molecule has 1 amide bonds. The van der Waals surface area contributed by atoms with Gasteiger partial charge in [-0.1, -0.05) is 6.07 Å². The molecule has 0 radical (unpaired) electrons. The van der Waals surface area contributed by atoms with Crippen molar-refractivity contribution < 1.29 is 13.2 Å². The predicted octanol–water partition coefficient (Wildman–Crippen LogP) is 0.770. The van der Waals surface area contributed by atoms with Gasteiger partial charge in [0.1, 0.15) is 12.9 Å². The zero-order valence-corrected chi connectivity index (χ0v) is 13.0. The zero-order chi connectivity index (χ0) is 16.4. The number of H-pyrrole nitrogens is 1. The minimum absolute atomic E-state index is 0.0620. The highest BCUT2D eigenvalue weighted by molar-refractivity contribution is 7.92. The molecule has 3 aromatic rings. The maximum Gasteiger partial charge on any atom is 0.246 e. The molecule has 0 saturated heterocycles. The quantitative estimate of drug-likeness (QED) is 0.636. The summed E-state index contributed by atoms with van der Waals surface area (Å²) in [6.45, 7) is 0.0620. The van der Waals surface area contributed by atoms with Gasteiger partial charge in [-0.05, 0) is 18.2 Å². The number of amides is 1. The highest BCUT2D eigenvalue weighted by Gasteiger charge is 2.11. The van der Waals surface area contributed by atoms with Crippen LogP contribution in [0, 0.1) is 0 Å². The number of fused-ring (bicyclic) bond motifs is 1. The molecular weight excluding hydrogens is 320 g/mol. The lowest BCUT2D eigenvalue weighted by Gasteiger charge is -2.08. The van der Waals surface area contributed by atoms with Crippen molar-refractivity contribution in [3.63, 3.8) is 0 Å². The van der Waals surface area contributed by atoms with E-state index in [0.717, 1.165) is 11.8 Å². The lowest BCUT2D eigenvalue weighted by Crippen LogP contribution is -2.19.